The highest BCUT2D eigenvalue weighted by Gasteiger charge is 2.31. The zero-order chi connectivity index (χ0) is 18.1. The fourth-order valence-electron chi connectivity index (χ4n) is 3.57. The van der Waals surface area contributed by atoms with Crippen LogP contribution in [0.5, 0.6) is 11.5 Å². The first-order valence-corrected chi connectivity index (χ1v) is 8.63. The molecule has 2 heterocycles. The summed E-state index contributed by atoms with van der Waals surface area (Å²) in [6, 6.07) is 12.3. The second kappa shape index (κ2) is 6.71. The molecule has 1 amide bonds. The molecule has 0 saturated carbocycles. The predicted octanol–water partition coefficient (Wildman–Crippen LogP) is 3.02. The van der Waals surface area contributed by atoms with E-state index in [2.05, 4.69) is 0 Å². The standard InChI is InChI=1S/C20H19NO5/c22-19(10-13-3-5-14(6-4-13)20(23)24)21-9-1-2-16(21)15-7-8-17-18(11-15)26-12-25-17/h3-8,11,16H,1-2,9-10,12H2,(H,23,24). The molecule has 1 fully saturated rings. The zero-order valence-corrected chi connectivity index (χ0v) is 14.2. The summed E-state index contributed by atoms with van der Waals surface area (Å²) in [5.41, 5.74) is 2.10. The van der Waals surface area contributed by atoms with Crippen LogP contribution in [-0.2, 0) is 11.2 Å². The number of ether oxygens (including phenoxy) is 2. The van der Waals surface area contributed by atoms with Crippen molar-refractivity contribution in [2.45, 2.75) is 25.3 Å². The first kappa shape index (κ1) is 16.4. The number of aromatic carboxylic acids is 1. The minimum atomic E-state index is -0.967. The summed E-state index contributed by atoms with van der Waals surface area (Å²) in [6.07, 6.45) is 2.15. The van der Waals surface area contributed by atoms with Crippen molar-refractivity contribution in [1.29, 1.82) is 0 Å². The smallest absolute Gasteiger partial charge is 0.335 e. The van der Waals surface area contributed by atoms with Crippen LogP contribution in [0, 0.1) is 0 Å². The van der Waals surface area contributed by atoms with Crippen LogP contribution in [-0.4, -0.2) is 35.2 Å². The highest BCUT2D eigenvalue weighted by atomic mass is 16.7. The van der Waals surface area contributed by atoms with Crippen LogP contribution in [0.1, 0.15) is 40.4 Å². The number of carbonyl (C=O) groups excluding carboxylic acids is 1. The van der Waals surface area contributed by atoms with Crippen molar-refractivity contribution in [2.24, 2.45) is 0 Å². The summed E-state index contributed by atoms with van der Waals surface area (Å²) in [4.78, 5) is 25.6. The molecule has 1 saturated heterocycles. The summed E-state index contributed by atoms with van der Waals surface area (Å²) in [5, 5.41) is 8.96. The molecule has 0 bridgehead atoms. The second-order valence-corrected chi connectivity index (χ2v) is 6.54. The zero-order valence-electron chi connectivity index (χ0n) is 14.2. The molecule has 26 heavy (non-hydrogen) atoms. The van der Waals surface area contributed by atoms with Gasteiger partial charge in [0.2, 0.25) is 12.7 Å². The normalized spacial score (nSPS) is 18.2. The van der Waals surface area contributed by atoms with Gasteiger partial charge < -0.3 is 19.5 Å². The molecule has 1 atom stereocenters. The lowest BCUT2D eigenvalue weighted by Crippen LogP contribution is -2.31. The molecular weight excluding hydrogens is 334 g/mol. The number of benzene rings is 2. The van der Waals surface area contributed by atoms with Crippen LogP contribution < -0.4 is 9.47 Å². The molecule has 2 aliphatic rings. The third-order valence-corrected chi connectivity index (χ3v) is 4.91. The number of hydrogen-bond donors (Lipinski definition) is 1. The maximum absolute atomic E-state index is 12.8. The van der Waals surface area contributed by atoms with E-state index in [9.17, 15) is 9.59 Å². The number of carboxylic acid groups (broad SMARTS) is 1. The fourth-order valence-corrected chi connectivity index (χ4v) is 3.57. The lowest BCUT2D eigenvalue weighted by Gasteiger charge is -2.25. The molecule has 0 aliphatic carbocycles. The third-order valence-electron chi connectivity index (χ3n) is 4.91. The van der Waals surface area contributed by atoms with Crippen molar-refractivity contribution in [1.82, 2.24) is 4.90 Å². The molecule has 0 radical (unpaired) electrons. The number of carboxylic acids is 1. The Bertz CT molecular complexity index is 846. The van der Waals surface area contributed by atoms with E-state index in [1.807, 2.05) is 23.1 Å². The Morgan fingerprint density at radius 3 is 2.62 bits per heavy atom. The number of hydrogen-bond acceptors (Lipinski definition) is 4. The molecule has 0 aromatic heterocycles. The number of amides is 1. The Kier molecular flexibility index (Phi) is 4.24. The Labute approximate surface area is 151 Å². The molecule has 6 heteroatoms. The third kappa shape index (κ3) is 3.10. The van der Waals surface area contributed by atoms with Gasteiger partial charge in [0, 0.05) is 6.54 Å². The lowest BCUT2D eigenvalue weighted by molar-refractivity contribution is -0.131. The van der Waals surface area contributed by atoms with Gasteiger partial charge in [-0.2, -0.15) is 0 Å². The molecule has 2 aliphatic heterocycles. The molecule has 4 rings (SSSR count). The maximum Gasteiger partial charge on any atom is 0.335 e. The highest BCUT2D eigenvalue weighted by Crippen LogP contribution is 2.39. The van der Waals surface area contributed by atoms with Gasteiger partial charge in [-0.3, -0.25) is 4.79 Å². The quantitative estimate of drug-likeness (QED) is 0.914. The van der Waals surface area contributed by atoms with Crippen LogP contribution in [0.4, 0.5) is 0 Å². The number of nitrogens with zero attached hydrogens (tertiary/aromatic N) is 1. The Morgan fingerprint density at radius 2 is 1.85 bits per heavy atom. The van der Waals surface area contributed by atoms with E-state index in [1.54, 1.807) is 12.1 Å². The average molecular weight is 353 g/mol. The van der Waals surface area contributed by atoms with Crippen molar-refractivity contribution < 1.29 is 24.2 Å². The van der Waals surface area contributed by atoms with Crippen LogP contribution in [0.2, 0.25) is 0 Å². The van der Waals surface area contributed by atoms with E-state index < -0.39 is 5.97 Å². The van der Waals surface area contributed by atoms with Crippen molar-refractivity contribution in [2.75, 3.05) is 13.3 Å². The Balaban J connectivity index is 1.49. The Morgan fingerprint density at radius 1 is 1.08 bits per heavy atom. The predicted molar refractivity (Wildman–Crippen MR) is 93.4 cm³/mol. The van der Waals surface area contributed by atoms with E-state index >= 15 is 0 Å². The van der Waals surface area contributed by atoms with Gasteiger partial charge in [-0.15, -0.1) is 0 Å². The van der Waals surface area contributed by atoms with Crippen LogP contribution in [0.3, 0.4) is 0 Å². The van der Waals surface area contributed by atoms with Crippen molar-refractivity contribution in [3.8, 4) is 11.5 Å². The van der Waals surface area contributed by atoms with Gasteiger partial charge in [-0.1, -0.05) is 18.2 Å². The monoisotopic (exact) mass is 353 g/mol. The number of fused-ring (bicyclic) bond motifs is 1. The van der Waals surface area contributed by atoms with Crippen LogP contribution in [0.15, 0.2) is 42.5 Å². The molecule has 6 nitrogen and oxygen atoms in total. The van der Waals surface area contributed by atoms with Crippen LogP contribution in [0.25, 0.3) is 0 Å². The summed E-state index contributed by atoms with van der Waals surface area (Å²) >= 11 is 0. The summed E-state index contributed by atoms with van der Waals surface area (Å²) in [6.45, 7) is 0.962. The van der Waals surface area contributed by atoms with Gasteiger partial charge >= 0.3 is 5.97 Å². The lowest BCUT2D eigenvalue weighted by atomic mass is 10.0. The van der Waals surface area contributed by atoms with Crippen molar-refractivity contribution >= 4 is 11.9 Å². The van der Waals surface area contributed by atoms with Crippen LogP contribution >= 0.6 is 0 Å². The fraction of sp³-hybridized carbons (Fsp3) is 0.300. The molecular formula is C20H19NO5. The van der Waals surface area contributed by atoms with E-state index in [1.165, 1.54) is 12.1 Å². The average Bonchev–Trinajstić information content (AvgIpc) is 3.30. The molecule has 0 spiro atoms. The van der Waals surface area contributed by atoms with E-state index in [0.29, 0.717) is 0 Å². The Hall–Kier alpha value is -3.02. The van der Waals surface area contributed by atoms with Gasteiger partial charge in [-0.05, 0) is 48.2 Å². The first-order chi connectivity index (χ1) is 12.6. The van der Waals surface area contributed by atoms with Gasteiger partial charge in [0.1, 0.15) is 0 Å². The minimum Gasteiger partial charge on any atom is -0.478 e. The summed E-state index contributed by atoms with van der Waals surface area (Å²) < 4.78 is 10.8. The van der Waals surface area contributed by atoms with Crippen molar-refractivity contribution in [3.05, 3.63) is 59.2 Å². The molecule has 2 aromatic rings. The molecule has 2 aromatic carbocycles. The van der Waals surface area contributed by atoms with E-state index in [-0.39, 0.29) is 30.7 Å². The number of rotatable bonds is 4. The highest BCUT2D eigenvalue weighted by molar-refractivity contribution is 5.87. The maximum atomic E-state index is 12.8. The van der Waals surface area contributed by atoms with Gasteiger partial charge in [0.05, 0.1) is 18.0 Å². The number of carbonyl (C=O) groups is 2. The van der Waals surface area contributed by atoms with Gasteiger partial charge in [0.25, 0.3) is 0 Å². The summed E-state index contributed by atoms with van der Waals surface area (Å²) in [5.74, 6) is 0.549. The molecule has 134 valence electrons. The van der Waals surface area contributed by atoms with E-state index in [4.69, 9.17) is 14.6 Å². The number of likely N-dealkylation sites (tertiary alicyclic amines) is 1. The molecule has 1 unspecified atom stereocenters. The second-order valence-electron chi connectivity index (χ2n) is 6.54. The largest absolute Gasteiger partial charge is 0.478 e. The summed E-state index contributed by atoms with van der Waals surface area (Å²) in [7, 11) is 0. The van der Waals surface area contributed by atoms with E-state index in [0.717, 1.165) is 42.0 Å². The van der Waals surface area contributed by atoms with Gasteiger partial charge in [0.15, 0.2) is 11.5 Å². The van der Waals surface area contributed by atoms with Crippen molar-refractivity contribution in [3.63, 3.8) is 0 Å². The van der Waals surface area contributed by atoms with Gasteiger partial charge in [-0.25, -0.2) is 4.79 Å². The minimum absolute atomic E-state index is 0.0373. The SMILES string of the molecule is O=C(O)c1ccc(CC(=O)N2CCCC2c2ccc3c(c2)OCO3)cc1. The molecule has 1 N–H and O–H groups in total. The first-order valence-electron chi connectivity index (χ1n) is 8.63. The topological polar surface area (TPSA) is 76.1 Å².